The molecule has 2 aliphatic rings. The molecule has 0 unspecified atom stereocenters. The molecule has 2 rings (SSSR count). The molecular formula is C34H50O2. The summed E-state index contributed by atoms with van der Waals surface area (Å²) in [6.45, 7) is 10.6. The molecule has 0 aromatic rings. The SMILES string of the molecule is CCCCCCCCC1=C/C(=C\C=C2/C=C(CCCCCCCC)C(=O)C(C(C)C)=C2)C=C(C)C1=O. The third kappa shape index (κ3) is 10.0. The number of unbranched alkanes of at least 4 members (excludes halogenated alkanes) is 10. The third-order valence-electron chi connectivity index (χ3n) is 7.28. The average molecular weight is 491 g/mol. The fraction of sp³-hybridized carbons (Fsp3) is 0.588. The normalized spacial score (nSPS) is 18.6. The first-order valence-corrected chi connectivity index (χ1v) is 14.7. The van der Waals surface area contributed by atoms with Gasteiger partial charge in [-0.1, -0.05) is 104 Å². The lowest BCUT2D eigenvalue weighted by Gasteiger charge is -2.18. The fourth-order valence-corrected chi connectivity index (χ4v) is 4.99. The van der Waals surface area contributed by atoms with Gasteiger partial charge < -0.3 is 0 Å². The van der Waals surface area contributed by atoms with Crippen LogP contribution in [0, 0.1) is 5.92 Å². The molecule has 198 valence electrons. The molecule has 36 heavy (non-hydrogen) atoms. The Kier molecular flexibility index (Phi) is 13.8. The van der Waals surface area contributed by atoms with Crippen molar-refractivity contribution < 1.29 is 9.59 Å². The number of carbonyl (C=O) groups excluding carboxylic acids is 2. The van der Waals surface area contributed by atoms with Crippen LogP contribution in [-0.4, -0.2) is 11.6 Å². The number of allylic oxidation sites excluding steroid dienone is 12. The van der Waals surface area contributed by atoms with Crippen molar-refractivity contribution in [1.82, 2.24) is 0 Å². The van der Waals surface area contributed by atoms with Gasteiger partial charge in [-0.2, -0.15) is 0 Å². The minimum atomic E-state index is 0.194. The van der Waals surface area contributed by atoms with Crippen LogP contribution < -0.4 is 0 Å². The molecule has 0 amide bonds. The summed E-state index contributed by atoms with van der Waals surface area (Å²) in [6.07, 6.45) is 28.9. The standard InChI is InChI=1S/C34H50O2/c1-6-8-10-12-14-16-18-30-23-28(22-27(5)33(30)35)20-21-29-24-31(19-17-15-13-11-9-7-2)34(36)32(25-29)26(3)4/h20-26H,6-19H2,1-5H3/b28-20-,29-21+. The lowest BCUT2D eigenvalue weighted by atomic mass is 9.85. The predicted octanol–water partition coefficient (Wildman–Crippen LogP) is 9.89. The van der Waals surface area contributed by atoms with Gasteiger partial charge in [-0.25, -0.2) is 0 Å². The quantitative estimate of drug-likeness (QED) is 0.202. The van der Waals surface area contributed by atoms with Crippen molar-refractivity contribution in [3.8, 4) is 0 Å². The summed E-state index contributed by atoms with van der Waals surface area (Å²) >= 11 is 0. The number of rotatable bonds is 16. The van der Waals surface area contributed by atoms with Gasteiger partial charge in [0.15, 0.2) is 11.6 Å². The van der Waals surface area contributed by atoms with E-state index in [0.717, 1.165) is 59.1 Å². The van der Waals surface area contributed by atoms with Crippen molar-refractivity contribution in [1.29, 1.82) is 0 Å². The topological polar surface area (TPSA) is 34.1 Å². The highest BCUT2D eigenvalue weighted by atomic mass is 16.1. The number of hydrogen-bond donors (Lipinski definition) is 0. The van der Waals surface area contributed by atoms with Crippen LogP contribution in [0.2, 0.25) is 0 Å². The van der Waals surface area contributed by atoms with Gasteiger partial charge in [0.25, 0.3) is 0 Å². The highest BCUT2D eigenvalue weighted by molar-refractivity contribution is 6.11. The van der Waals surface area contributed by atoms with Crippen molar-refractivity contribution in [3.63, 3.8) is 0 Å². The summed E-state index contributed by atoms with van der Waals surface area (Å²) in [5.41, 5.74) is 5.77. The Morgan fingerprint density at radius 3 is 1.56 bits per heavy atom. The van der Waals surface area contributed by atoms with Gasteiger partial charge in [0.1, 0.15) is 0 Å². The van der Waals surface area contributed by atoms with Crippen LogP contribution in [0.15, 0.2) is 69.9 Å². The first kappa shape index (κ1) is 30.0. The van der Waals surface area contributed by atoms with E-state index >= 15 is 0 Å². The lowest BCUT2D eigenvalue weighted by molar-refractivity contribution is -0.113. The molecule has 2 aliphatic carbocycles. The molecule has 0 saturated carbocycles. The first-order chi connectivity index (χ1) is 17.4. The molecule has 0 bridgehead atoms. The molecule has 0 N–H and O–H groups in total. The fourth-order valence-electron chi connectivity index (χ4n) is 4.99. The van der Waals surface area contributed by atoms with Gasteiger partial charge in [0.2, 0.25) is 0 Å². The number of hydrogen-bond acceptors (Lipinski definition) is 2. The largest absolute Gasteiger partial charge is 0.289 e. The molecule has 0 aromatic carbocycles. The van der Waals surface area contributed by atoms with Gasteiger partial charge in [-0.3, -0.25) is 9.59 Å². The van der Waals surface area contributed by atoms with Crippen molar-refractivity contribution in [2.75, 3.05) is 0 Å². The van der Waals surface area contributed by atoms with Crippen LogP contribution in [0.25, 0.3) is 0 Å². The molecule has 0 spiro atoms. The summed E-state index contributed by atoms with van der Waals surface area (Å²) in [6, 6.07) is 0. The summed E-state index contributed by atoms with van der Waals surface area (Å²) in [4.78, 5) is 25.7. The van der Waals surface area contributed by atoms with Crippen molar-refractivity contribution in [2.45, 2.75) is 125 Å². The molecule has 2 nitrogen and oxygen atoms in total. The van der Waals surface area contributed by atoms with E-state index in [1.807, 2.05) is 13.0 Å². The number of carbonyl (C=O) groups is 2. The van der Waals surface area contributed by atoms with Gasteiger partial charge in [0.05, 0.1) is 0 Å². The van der Waals surface area contributed by atoms with Crippen molar-refractivity contribution in [3.05, 3.63) is 69.9 Å². The summed E-state index contributed by atoms with van der Waals surface area (Å²) in [5.74, 6) is 0.628. The Morgan fingerprint density at radius 2 is 1.06 bits per heavy atom. The zero-order valence-corrected chi connectivity index (χ0v) is 23.8. The summed E-state index contributed by atoms with van der Waals surface area (Å²) < 4.78 is 0. The molecule has 0 atom stereocenters. The van der Waals surface area contributed by atoms with Crippen molar-refractivity contribution >= 4 is 11.6 Å². The molecule has 0 heterocycles. The van der Waals surface area contributed by atoms with E-state index in [9.17, 15) is 9.59 Å². The van der Waals surface area contributed by atoms with Crippen molar-refractivity contribution in [2.24, 2.45) is 5.92 Å². The van der Waals surface area contributed by atoms with Gasteiger partial charge in [0, 0.05) is 16.7 Å². The Labute approximate surface area is 221 Å². The molecule has 0 fully saturated rings. The monoisotopic (exact) mass is 490 g/mol. The smallest absolute Gasteiger partial charge is 0.185 e. The second-order valence-corrected chi connectivity index (χ2v) is 10.9. The Balaban J connectivity index is 2.11. The molecule has 0 saturated heterocycles. The number of ketones is 2. The van der Waals surface area contributed by atoms with E-state index in [1.54, 1.807) is 0 Å². The minimum absolute atomic E-state index is 0.194. The van der Waals surface area contributed by atoms with Crippen LogP contribution in [0.3, 0.4) is 0 Å². The molecule has 0 aliphatic heterocycles. The van der Waals surface area contributed by atoms with Gasteiger partial charge in [-0.05, 0) is 79.5 Å². The van der Waals surface area contributed by atoms with E-state index in [4.69, 9.17) is 0 Å². The van der Waals surface area contributed by atoms with Crippen LogP contribution in [0.4, 0.5) is 0 Å². The van der Waals surface area contributed by atoms with Crippen LogP contribution in [0.5, 0.6) is 0 Å². The van der Waals surface area contributed by atoms with E-state index in [2.05, 4.69) is 58.1 Å². The minimum Gasteiger partial charge on any atom is -0.289 e. The van der Waals surface area contributed by atoms with Crippen LogP contribution >= 0.6 is 0 Å². The van der Waals surface area contributed by atoms with Crippen LogP contribution in [0.1, 0.15) is 125 Å². The Morgan fingerprint density at radius 1 is 0.611 bits per heavy atom. The zero-order chi connectivity index (χ0) is 26.3. The lowest BCUT2D eigenvalue weighted by Crippen LogP contribution is -2.15. The van der Waals surface area contributed by atoms with Gasteiger partial charge >= 0.3 is 0 Å². The molecule has 0 radical (unpaired) electrons. The van der Waals surface area contributed by atoms with E-state index in [0.29, 0.717) is 0 Å². The molecular weight excluding hydrogens is 440 g/mol. The second-order valence-electron chi connectivity index (χ2n) is 10.9. The maximum atomic E-state index is 13.1. The average Bonchev–Trinajstić information content (AvgIpc) is 2.85. The number of Topliss-reactive ketones (excluding diaryl/α,β-unsaturated/α-hetero) is 2. The predicted molar refractivity (Wildman–Crippen MR) is 155 cm³/mol. The van der Waals surface area contributed by atoms with Crippen LogP contribution in [-0.2, 0) is 9.59 Å². The second kappa shape index (κ2) is 16.5. The third-order valence-corrected chi connectivity index (χ3v) is 7.28. The van der Waals surface area contributed by atoms with E-state index < -0.39 is 0 Å². The van der Waals surface area contributed by atoms with E-state index in [-0.39, 0.29) is 17.5 Å². The Hall–Kier alpha value is -2.22. The van der Waals surface area contributed by atoms with E-state index in [1.165, 1.54) is 64.2 Å². The summed E-state index contributed by atoms with van der Waals surface area (Å²) in [7, 11) is 0. The Bertz CT molecular complexity index is 930. The molecule has 2 heteroatoms. The zero-order valence-electron chi connectivity index (χ0n) is 23.8. The van der Waals surface area contributed by atoms with Gasteiger partial charge in [-0.15, -0.1) is 0 Å². The highest BCUT2D eigenvalue weighted by Gasteiger charge is 2.22. The summed E-state index contributed by atoms with van der Waals surface area (Å²) in [5, 5.41) is 0. The first-order valence-electron chi connectivity index (χ1n) is 14.7. The highest BCUT2D eigenvalue weighted by Crippen LogP contribution is 2.28. The molecule has 0 aromatic heterocycles. The maximum absolute atomic E-state index is 13.1. The maximum Gasteiger partial charge on any atom is 0.185 e.